The quantitative estimate of drug-likeness (QED) is 0.701. The maximum absolute atomic E-state index is 11.6. The molecule has 2 amide bonds. The Hall–Kier alpha value is -0.810. The van der Waals surface area contributed by atoms with Crippen LogP contribution in [0.3, 0.4) is 0 Å². The fourth-order valence-corrected chi connectivity index (χ4v) is 1.95. The Kier molecular flexibility index (Phi) is 6.96. The number of morpholine rings is 1. The van der Waals surface area contributed by atoms with E-state index in [1.807, 2.05) is 13.8 Å². The van der Waals surface area contributed by atoms with E-state index in [4.69, 9.17) is 4.74 Å². The second-order valence-corrected chi connectivity index (χ2v) is 4.21. The molecule has 0 radical (unpaired) electrons. The Bertz CT molecular complexity index is 214. The minimum Gasteiger partial charge on any atom is -0.379 e. The van der Waals surface area contributed by atoms with Gasteiger partial charge in [0, 0.05) is 32.7 Å². The van der Waals surface area contributed by atoms with Crippen molar-refractivity contribution in [3.8, 4) is 0 Å². The molecule has 1 aliphatic rings. The van der Waals surface area contributed by atoms with Crippen LogP contribution in [0.2, 0.25) is 0 Å². The Morgan fingerprint density at radius 2 is 1.94 bits per heavy atom. The topological polar surface area (TPSA) is 44.8 Å². The molecule has 17 heavy (non-hydrogen) atoms. The average molecular weight is 243 g/mol. The normalized spacial score (nSPS) is 16.8. The Labute approximate surface area is 104 Å². The summed E-state index contributed by atoms with van der Waals surface area (Å²) in [6.07, 6.45) is 1.01. The summed E-state index contributed by atoms with van der Waals surface area (Å²) in [4.78, 5) is 15.8. The van der Waals surface area contributed by atoms with Gasteiger partial charge in [-0.25, -0.2) is 4.79 Å². The van der Waals surface area contributed by atoms with Crippen molar-refractivity contribution in [2.75, 3.05) is 52.5 Å². The van der Waals surface area contributed by atoms with Crippen molar-refractivity contribution in [3.05, 3.63) is 0 Å². The van der Waals surface area contributed by atoms with Crippen molar-refractivity contribution in [1.29, 1.82) is 0 Å². The standard InChI is InChI=1S/C12H25N3O2/c1-3-15(4-2)12(16)13-6-5-7-14-8-10-17-11-9-14/h3-11H2,1-2H3,(H,13,16). The summed E-state index contributed by atoms with van der Waals surface area (Å²) < 4.78 is 5.29. The maximum atomic E-state index is 11.6. The molecule has 1 rings (SSSR count). The summed E-state index contributed by atoms with van der Waals surface area (Å²) in [6.45, 7) is 11.0. The van der Waals surface area contributed by atoms with Crippen LogP contribution in [0, 0.1) is 0 Å². The lowest BCUT2D eigenvalue weighted by Crippen LogP contribution is -2.41. The second kappa shape index (κ2) is 8.31. The number of ether oxygens (including phenoxy) is 1. The fourth-order valence-electron chi connectivity index (χ4n) is 1.95. The molecule has 1 N–H and O–H groups in total. The first-order valence-electron chi connectivity index (χ1n) is 6.60. The van der Waals surface area contributed by atoms with Gasteiger partial charge >= 0.3 is 6.03 Å². The zero-order chi connectivity index (χ0) is 12.5. The molecular formula is C12H25N3O2. The molecule has 5 nitrogen and oxygen atoms in total. The van der Waals surface area contributed by atoms with Crippen molar-refractivity contribution >= 4 is 6.03 Å². The number of nitrogens with one attached hydrogen (secondary N) is 1. The molecule has 0 aromatic rings. The second-order valence-electron chi connectivity index (χ2n) is 4.21. The minimum atomic E-state index is 0.0528. The minimum absolute atomic E-state index is 0.0528. The van der Waals surface area contributed by atoms with Gasteiger partial charge in [0.1, 0.15) is 0 Å². The summed E-state index contributed by atoms with van der Waals surface area (Å²) in [5.74, 6) is 0. The third-order valence-corrected chi connectivity index (χ3v) is 3.08. The fraction of sp³-hybridized carbons (Fsp3) is 0.917. The molecule has 1 fully saturated rings. The molecule has 0 aromatic carbocycles. The molecule has 1 aliphatic heterocycles. The zero-order valence-corrected chi connectivity index (χ0v) is 11.1. The maximum Gasteiger partial charge on any atom is 0.317 e. The van der Waals surface area contributed by atoms with Crippen LogP contribution in [0.1, 0.15) is 20.3 Å². The third-order valence-electron chi connectivity index (χ3n) is 3.08. The van der Waals surface area contributed by atoms with Gasteiger partial charge in [0.2, 0.25) is 0 Å². The molecule has 0 unspecified atom stereocenters. The Morgan fingerprint density at radius 1 is 1.29 bits per heavy atom. The lowest BCUT2D eigenvalue weighted by Gasteiger charge is -2.26. The number of rotatable bonds is 6. The number of hydrogen-bond donors (Lipinski definition) is 1. The predicted octanol–water partition coefficient (Wildman–Crippen LogP) is 0.760. The first-order valence-corrected chi connectivity index (χ1v) is 6.60. The number of urea groups is 1. The highest BCUT2D eigenvalue weighted by molar-refractivity contribution is 5.73. The number of hydrogen-bond acceptors (Lipinski definition) is 3. The molecule has 1 heterocycles. The van der Waals surface area contributed by atoms with E-state index < -0.39 is 0 Å². The molecule has 1 saturated heterocycles. The van der Waals surface area contributed by atoms with E-state index in [1.54, 1.807) is 4.90 Å². The van der Waals surface area contributed by atoms with Crippen molar-refractivity contribution in [2.24, 2.45) is 0 Å². The molecule has 0 atom stereocenters. The van der Waals surface area contributed by atoms with E-state index in [0.717, 1.165) is 58.9 Å². The third kappa shape index (κ3) is 5.37. The van der Waals surface area contributed by atoms with Crippen molar-refractivity contribution in [2.45, 2.75) is 20.3 Å². The van der Waals surface area contributed by atoms with Crippen molar-refractivity contribution in [3.63, 3.8) is 0 Å². The molecule has 5 heteroatoms. The van der Waals surface area contributed by atoms with E-state index in [9.17, 15) is 4.79 Å². The van der Waals surface area contributed by atoms with Gasteiger partial charge in [-0.1, -0.05) is 0 Å². The largest absolute Gasteiger partial charge is 0.379 e. The van der Waals surface area contributed by atoms with Gasteiger partial charge in [-0.05, 0) is 26.8 Å². The summed E-state index contributed by atoms with van der Waals surface area (Å²) in [5, 5.41) is 2.95. The number of carbonyl (C=O) groups is 1. The highest BCUT2D eigenvalue weighted by Crippen LogP contribution is 1.97. The van der Waals surface area contributed by atoms with Crippen LogP contribution in [0.15, 0.2) is 0 Å². The molecule has 0 aliphatic carbocycles. The number of nitrogens with zero attached hydrogens (tertiary/aromatic N) is 2. The number of amides is 2. The summed E-state index contributed by atoms with van der Waals surface area (Å²) in [7, 11) is 0. The zero-order valence-electron chi connectivity index (χ0n) is 11.1. The molecule has 0 bridgehead atoms. The van der Waals surface area contributed by atoms with Crippen LogP contribution in [-0.2, 0) is 4.74 Å². The van der Waals surface area contributed by atoms with Gasteiger partial charge in [-0.3, -0.25) is 4.90 Å². The van der Waals surface area contributed by atoms with E-state index in [1.165, 1.54) is 0 Å². The monoisotopic (exact) mass is 243 g/mol. The summed E-state index contributed by atoms with van der Waals surface area (Å²) in [6, 6.07) is 0.0528. The molecule has 0 spiro atoms. The van der Waals surface area contributed by atoms with Crippen LogP contribution in [0.25, 0.3) is 0 Å². The first-order chi connectivity index (χ1) is 8.27. The van der Waals surface area contributed by atoms with Crippen LogP contribution >= 0.6 is 0 Å². The first kappa shape index (κ1) is 14.3. The Balaban J connectivity index is 2.04. The van der Waals surface area contributed by atoms with Crippen molar-refractivity contribution < 1.29 is 9.53 Å². The molecule has 0 saturated carbocycles. The van der Waals surface area contributed by atoms with Crippen LogP contribution in [0.4, 0.5) is 4.79 Å². The predicted molar refractivity (Wildman–Crippen MR) is 68.2 cm³/mol. The molecule has 100 valence electrons. The van der Waals surface area contributed by atoms with Crippen LogP contribution in [-0.4, -0.2) is 68.3 Å². The highest BCUT2D eigenvalue weighted by atomic mass is 16.5. The smallest absolute Gasteiger partial charge is 0.317 e. The molecule has 0 aromatic heterocycles. The van der Waals surface area contributed by atoms with Gasteiger partial charge in [0.15, 0.2) is 0 Å². The molecular weight excluding hydrogens is 218 g/mol. The van der Waals surface area contributed by atoms with Gasteiger partial charge in [-0.15, -0.1) is 0 Å². The van der Waals surface area contributed by atoms with Crippen LogP contribution < -0.4 is 5.32 Å². The van der Waals surface area contributed by atoms with Crippen molar-refractivity contribution in [1.82, 2.24) is 15.1 Å². The van der Waals surface area contributed by atoms with E-state index in [-0.39, 0.29) is 6.03 Å². The SMILES string of the molecule is CCN(CC)C(=O)NCCCN1CCOCC1. The van der Waals surface area contributed by atoms with Gasteiger partial charge in [0.05, 0.1) is 13.2 Å². The Morgan fingerprint density at radius 3 is 2.53 bits per heavy atom. The van der Waals surface area contributed by atoms with Gasteiger partial charge < -0.3 is 15.0 Å². The number of carbonyl (C=O) groups excluding carboxylic acids is 1. The van der Waals surface area contributed by atoms with E-state index in [2.05, 4.69) is 10.2 Å². The van der Waals surface area contributed by atoms with Crippen LogP contribution in [0.5, 0.6) is 0 Å². The lowest BCUT2D eigenvalue weighted by atomic mass is 10.3. The summed E-state index contributed by atoms with van der Waals surface area (Å²) >= 11 is 0. The highest BCUT2D eigenvalue weighted by Gasteiger charge is 2.10. The lowest BCUT2D eigenvalue weighted by molar-refractivity contribution is 0.0375. The van der Waals surface area contributed by atoms with E-state index >= 15 is 0 Å². The average Bonchev–Trinajstić information content (AvgIpc) is 2.37. The van der Waals surface area contributed by atoms with Gasteiger partial charge in [0.25, 0.3) is 0 Å². The summed E-state index contributed by atoms with van der Waals surface area (Å²) in [5.41, 5.74) is 0. The van der Waals surface area contributed by atoms with E-state index in [0.29, 0.717) is 0 Å². The van der Waals surface area contributed by atoms with Gasteiger partial charge in [-0.2, -0.15) is 0 Å².